The van der Waals surface area contributed by atoms with Crippen LogP contribution < -0.4 is 11.5 Å². The zero-order chi connectivity index (χ0) is 19.7. The van der Waals surface area contributed by atoms with E-state index in [0.717, 1.165) is 14.7 Å². The van der Waals surface area contributed by atoms with Crippen molar-refractivity contribution in [1.82, 2.24) is 0 Å². The van der Waals surface area contributed by atoms with E-state index in [1.165, 1.54) is 12.1 Å². The monoisotopic (exact) mass is 472 g/mol. The van der Waals surface area contributed by atoms with Gasteiger partial charge in [-0.15, -0.1) is 0 Å². The van der Waals surface area contributed by atoms with E-state index >= 15 is 0 Å². The van der Waals surface area contributed by atoms with Crippen molar-refractivity contribution in [2.75, 3.05) is 0 Å². The molecule has 2 atom stereocenters. The highest BCUT2D eigenvalue weighted by Gasteiger charge is 2.12. The summed E-state index contributed by atoms with van der Waals surface area (Å²) in [4.78, 5) is 20.9. The summed E-state index contributed by atoms with van der Waals surface area (Å²) in [7, 11) is 0. The quantitative estimate of drug-likeness (QED) is 0.401. The van der Waals surface area contributed by atoms with Gasteiger partial charge in [0, 0.05) is 3.57 Å². The van der Waals surface area contributed by atoms with Crippen LogP contribution in [0.15, 0.2) is 48.5 Å². The lowest BCUT2D eigenvalue weighted by molar-refractivity contribution is -0.139. The van der Waals surface area contributed by atoms with Gasteiger partial charge in [-0.25, -0.2) is 0 Å². The maximum Gasteiger partial charge on any atom is 0.320 e. The molecule has 0 radical (unpaired) electrons. The predicted octanol–water partition coefficient (Wildman–Crippen LogP) is 1.59. The number of aromatic hydroxyl groups is 1. The molecule has 26 heavy (non-hydrogen) atoms. The number of halogens is 1. The third-order valence-electron chi connectivity index (χ3n) is 3.37. The Kier molecular flexibility index (Phi) is 9.03. The predicted molar refractivity (Wildman–Crippen MR) is 106 cm³/mol. The Hall–Kier alpha value is -2.17. The van der Waals surface area contributed by atoms with Crippen molar-refractivity contribution in [1.29, 1.82) is 0 Å². The number of benzene rings is 2. The highest BCUT2D eigenvalue weighted by molar-refractivity contribution is 14.1. The molecule has 140 valence electrons. The number of carboxylic acids is 2. The Morgan fingerprint density at radius 3 is 1.85 bits per heavy atom. The molecule has 2 aromatic rings. The number of aliphatic carboxylic acids is 2. The van der Waals surface area contributed by atoms with Gasteiger partial charge in [0.1, 0.15) is 17.8 Å². The maximum absolute atomic E-state index is 10.5. The molecule has 0 aliphatic heterocycles. The fourth-order valence-corrected chi connectivity index (χ4v) is 2.59. The number of phenolic OH excluding ortho intramolecular Hbond substituents is 1. The highest BCUT2D eigenvalue weighted by Crippen LogP contribution is 2.11. The first-order valence-corrected chi connectivity index (χ1v) is 8.76. The second kappa shape index (κ2) is 10.7. The number of carbonyl (C=O) groups is 2. The molecular formula is C18H21IN2O5. The van der Waals surface area contributed by atoms with Crippen molar-refractivity contribution in [3.8, 4) is 5.75 Å². The molecule has 8 heteroatoms. The zero-order valence-corrected chi connectivity index (χ0v) is 16.0. The van der Waals surface area contributed by atoms with Crippen LogP contribution in [0, 0.1) is 3.57 Å². The minimum Gasteiger partial charge on any atom is -0.508 e. The summed E-state index contributed by atoms with van der Waals surface area (Å²) in [5.41, 5.74) is 12.5. The van der Waals surface area contributed by atoms with Crippen LogP contribution in [-0.2, 0) is 22.4 Å². The minimum absolute atomic E-state index is 0.160. The van der Waals surface area contributed by atoms with Gasteiger partial charge in [0.15, 0.2) is 0 Å². The molecule has 7 N–H and O–H groups in total. The topological polar surface area (TPSA) is 147 Å². The van der Waals surface area contributed by atoms with Gasteiger partial charge in [0.25, 0.3) is 0 Å². The van der Waals surface area contributed by atoms with E-state index in [1.54, 1.807) is 12.1 Å². The minimum atomic E-state index is -1.02. The standard InChI is InChI=1S/C9H10INO2.C9H11NO3/c10-7-3-1-2-6(4-7)5-8(11)9(12)13;10-8(9(12)13)5-6-1-3-7(11)4-2-6/h1-4,8H,5,11H2,(H,12,13);1-4,8,11H,5,10H2,(H,12,13). The molecule has 0 heterocycles. The molecule has 0 saturated heterocycles. The van der Waals surface area contributed by atoms with Gasteiger partial charge >= 0.3 is 11.9 Å². The van der Waals surface area contributed by atoms with Crippen molar-refractivity contribution in [3.63, 3.8) is 0 Å². The van der Waals surface area contributed by atoms with Crippen LogP contribution in [0.1, 0.15) is 11.1 Å². The van der Waals surface area contributed by atoms with Crippen LogP contribution in [0.25, 0.3) is 0 Å². The van der Waals surface area contributed by atoms with Gasteiger partial charge in [-0.1, -0.05) is 24.3 Å². The Balaban J connectivity index is 0.000000260. The van der Waals surface area contributed by atoms with E-state index in [2.05, 4.69) is 22.6 Å². The molecule has 2 aromatic carbocycles. The number of carboxylic acid groups (broad SMARTS) is 2. The lowest BCUT2D eigenvalue weighted by Gasteiger charge is -2.05. The van der Waals surface area contributed by atoms with E-state index in [1.807, 2.05) is 24.3 Å². The fraction of sp³-hybridized carbons (Fsp3) is 0.222. The Morgan fingerprint density at radius 1 is 0.885 bits per heavy atom. The van der Waals surface area contributed by atoms with Gasteiger partial charge in [0.2, 0.25) is 0 Å². The fourth-order valence-electron chi connectivity index (χ4n) is 1.98. The first-order chi connectivity index (χ1) is 12.2. The van der Waals surface area contributed by atoms with E-state index in [9.17, 15) is 9.59 Å². The third-order valence-corrected chi connectivity index (χ3v) is 4.04. The third kappa shape index (κ3) is 8.28. The van der Waals surface area contributed by atoms with Crippen LogP contribution >= 0.6 is 22.6 Å². The molecule has 7 nitrogen and oxygen atoms in total. The number of hydrogen-bond donors (Lipinski definition) is 5. The van der Waals surface area contributed by atoms with Gasteiger partial charge in [-0.3, -0.25) is 9.59 Å². The van der Waals surface area contributed by atoms with Gasteiger partial charge < -0.3 is 26.8 Å². The zero-order valence-electron chi connectivity index (χ0n) is 13.9. The number of nitrogens with two attached hydrogens (primary N) is 2. The SMILES string of the molecule is NC(Cc1ccc(O)cc1)C(=O)O.NC(Cc1cccc(I)c1)C(=O)O. The lowest BCUT2D eigenvalue weighted by atomic mass is 10.1. The number of phenols is 1. The molecule has 0 aliphatic rings. The molecule has 0 saturated carbocycles. The summed E-state index contributed by atoms with van der Waals surface area (Å²) in [5.74, 6) is -1.82. The molecule has 0 bridgehead atoms. The summed E-state index contributed by atoms with van der Waals surface area (Å²) < 4.78 is 1.09. The first-order valence-electron chi connectivity index (χ1n) is 7.68. The lowest BCUT2D eigenvalue weighted by Crippen LogP contribution is -2.32. The average Bonchev–Trinajstić information content (AvgIpc) is 2.57. The smallest absolute Gasteiger partial charge is 0.320 e. The van der Waals surface area contributed by atoms with E-state index in [0.29, 0.717) is 6.42 Å². The summed E-state index contributed by atoms with van der Waals surface area (Å²) in [6.07, 6.45) is 0.655. The molecule has 0 aliphatic carbocycles. The van der Waals surface area contributed by atoms with Crippen LogP contribution in [0.2, 0.25) is 0 Å². The molecule has 0 fully saturated rings. The summed E-state index contributed by atoms with van der Waals surface area (Å²) in [6, 6.07) is 12.3. The van der Waals surface area contributed by atoms with Crippen molar-refractivity contribution in [2.24, 2.45) is 11.5 Å². The Labute approximate surface area is 164 Å². The van der Waals surface area contributed by atoms with Gasteiger partial charge in [-0.2, -0.15) is 0 Å². The largest absolute Gasteiger partial charge is 0.508 e. The Morgan fingerprint density at radius 2 is 1.38 bits per heavy atom. The molecule has 0 amide bonds. The summed E-state index contributed by atoms with van der Waals surface area (Å²) in [6.45, 7) is 0. The normalized spacial score (nSPS) is 12.4. The maximum atomic E-state index is 10.5. The van der Waals surface area contributed by atoms with Gasteiger partial charge in [-0.05, 0) is 70.8 Å². The second-order valence-corrected chi connectivity index (χ2v) is 6.84. The molecule has 0 aromatic heterocycles. The first kappa shape index (κ1) is 21.9. The van der Waals surface area contributed by atoms with E-state index in [4.69, 9.17) is 26.8 Å². The van der Waals surface area contributed by atoms with Crippen LogP contribution in [0.5, 0.6) is 5.75 Å². The van der Waals surface area contributed by atoms with Gasteiger partial charge in [0.05, 0.1) is 0 Å². The second-order valence-electron chi connectivity index (χ2n) is 5.59. The van der Waals surface area contributed by atoms with E-state index < -0.39 is 24.0 Å². The van der Waals surface area contributed by atoms with Crippen molar-refractivity contribution in [2.45, 2.75) is 24.9 Å². The molecule has 2 unspecified atom stereocenters. The summed E-state index contributed by atoms with van der Waals surface area (Å²) >= 11 is 2.18. The van der Waals surface area contributed by atoms with E-state index in [-0.39, 0.29) is 12.2 Å². The van der Waals surface area contributed by atoms with Crippen molar-refractivity contribution in [3.05, 3.63) is 63.2 Å². The van der Waals surface area contributed by atoms with Crippen LogP contribution in [0.4, 0.5) is 0 Å². The van der Waals surface area contributed by atoms with Crippen LogP contribution in [-0.4, -0.2) is 39.3 Å². The summed E-state index contributed by atoms with van der Waals surface area (Å²) in [5, 5.41) is 26.1. The Bertz CT molecular complexity index is 737. The molecular weight excluding hydrogens is 451 g/mol. The highest BCUT2D eigenvalue weighted by atomic mass is 127. The molecule has 0 spiro atoms. The van der Waals surface area contributed by atoms with Crippen molar-refractivity contribution < 1.29 is 24.9 Å². The number of rotatable bonds is 6. The molecule has 2 rings (SSSR count). The number of hydrogen-bond acceptors (Lipinski definition) is 5. The average molecular weight is 472 g/mol. The van der Waals surface area contributed by atoms with Crippen LogP contribution in [0.3, 0.4) is 0 Å². The van der Waals surface area contributed by atoms with Crippen molar-refractivity contribution >= 4 is 34.5 Å².